The average molecular weight is 341 g/mol. The van der Waals surface area contributed by atoms with Crippen LogP contribution in [-0.2, 0) is 9.53 Å². The van der Waals surface area contributed by atoms with Gasteiger partial charge in [-0.25, -0.2) is 0 Å². The van der Waals surface area contributed by atoms with Gasteiger partial charge in [0.25, 0.3) is 0 Å². The lowest BCUT2D eigenvalue weighted by molar-refractivity contribution is -0.140. The molecule has 0 atom stereocenters. The first-order chi connectivity index (χ1) is 7.26. The number of esters is 1. The minimum atomic E-state index is -0.221. The van der Waals surface area contributed by atoms with Crippen molar-refractivity contribution in [2.75, 3.05) is 20.2 Å². The van der Waals surface area contributed by atoms with Gasteiger partial charge >= 0.3 is 5.97 Å². The van der Waals surface area contributed by atoms with Crippen molar-refractivity contribution in [3.8, 4) is 0 Å². The lowest BCUT2D eigenvalue weighted by atomic mass is 10.4. The van der Waals surface area contributed by atoms with Gasteiger partial charge in [-0.3, -0.25) is 9.79 Å². The molecule has 1 saturated carbocycles. The van der Waals surface area contributed by atoms with E-state index in [0.29, 0.717) is 19.0 Å². The van der Waals surface area contributed by atoms with Gasteiger partial charge in [-0.1, -0.05) is 0 Å². The first-order valence-corrected chi connectivity index (χ1v) is 5.38. The molecule has 6 heteroatoms. The number of aliphatic imine (C=N–C) groups is 1. The van der Waals surface area contributed by atoms with Crippen LogP contribution in [0.1, 0.15) is 26.2 Å². The monoisotopic (exact) mass is 341 g/mol. The van der Waals surface area contributed by atoms with Gasteiger partial charge in [0.15, 0.2) is 5.96 Å². The second kappa shape index (κ2) is 8.60. The Balaban J connectivity index is 0.00000225. The van der Waals surface area contributed by atoms with Crippen molar-refractivity contribution in [3.63, 3.8) is 0 Å². The van der Waals surface area contributed by atoms with Crippen molar-refractivity contribution in [1.29, 1.82) is 0 Å². The molecule has 2 N–H and O–H groups in total. The Kier molecular flexibility index (Phi) is 8.32. The molecular formula is C10H20IN3O2. The first-order valence-electron chi connectivity index (χ1n) is 5.38. The van der Waals surface area contributed by atoms with E-state index in [9.17, 15) is 4.79 Å². The van der Waals surface area contributed by atoms with Gasteiger partial charge in [0, 0.05) is 12.6 Å². The Hall–Kier alpha value is -0.530. The highest BCUT2D eigenvalue weighted by Crippen LogP contribution is 2.18. The third kappa shape index (κ3) is 6.86. The Morgan fingerprint density at radius 3 is 2.69 bits per heavy atom. The summed E-state index contributed by atoms with van der Waals surface area (Å²) in [4.78, 5) is 15.1. The Bertz CT molecular complexity index is 242. The summed E-state index contributed by atoms with van der Waals surface area (Å²) in [5.41, 5.74) is 0. The van der Waals surface area contributed by atoms with Crippen molar-refractivity contribution in [3.05, 3.63) is 0 Å². The molecule has 0 spiro atoms. The number of halogens is 1. The van der Waals surface area contributed by atoms with Crippen molar-refractivity contribution >= 4 is 35.9 Å². The maximum Gasteiger partial charge on any atom is 0.307 e. The van der Waals surface area contributed by atoms with Crippen molar-refractivity contribution < 1.29 is 9.53 Å². The molecular weight excluding hydrogens is 321 g/mol. The molecule has 0 aromatic heterocycles. The summed E-state index contributed by atoms with van der Waals surface area (Å²) in [6.07, 6.45) is 2.75. The van der Waals surface area contributed by atoms with E-state index in [1.54, 1.807) is 0 Å². The van der Waals surface area contributed by atoms with Gasteiger partial charge in [-0.15, -0.1) is 24.0 Å². The zero-order chi connectivity index (χ0) is 11.1. The minimum absolute atomic E-state index is 0. The number of hydrogen-bond acceptors (Lipinski definition) is 3. The summed E-state index contributed by atoms with van der Waals surface area (Å²) < 4.78 is 4.54. The molecule has 94 valence electrons. The molecule has 0 aromatic carbocycles. The SMILES string of the molecule is CCNC(=NCCC(=O)OC)NC1CC1.I. The second-order valence-corrected chi connectivity index (χ2v) is 3.51. The quantitative estimate of drug-likeness (QED) is 0.337. The summed E-state index contributed by atoms with van der Waals surface area (Å²) in [5.74, 6) is 0.574. The Morgan fingerprint density at radius 2 is 2.19 bits per heavy atom. The van der Waals surface area contributed by atoms with E-state index in [0.717, 1.165) is 12.5 Å². The summed E-state index contributed by atoms with van der Waals surface area (Å²) in [5, 5.41) is 6.40. The van der Waals surface area contributed by atoms with Crippen LogP contribution in [0.5, 0.6) is 0 Å². The molecule has 0 bridgehead atoms. The molecule has 5 nitrogen and oxygen atoms in total. The normalized spacial score (nSPS) is 15.0. The number of rotatable bonds is 5. The molecule has 1 fully saturated rings. The molecule has 0 unspecified atom stereocenters. The largest absolute Gasteiger partial charge is 0.469 e. The van der Waals surface area contributed by atoms with E-state index < -0.39 is 0 Å². The highest BCUT2D eigenvalue weighted by molar-refractivity contribution is 14.0. The van der Waals surface area contributed by atoms with E-state index in [1.807, 2.05) is 6.92 Å². The van der Waals surface area contributed by atoms with E-state index in [1.165, 1.54) is 20.0 Å². The molecule has 0 aromatic rings. The smallest absolute Gasteiger partial charge is 0.307 e. The maximum atomic E-state index is 10.9. The molecule has 0 heterocycles. The third-order valence-corrected chi connectivity index (χ3v) is 2.08. The van der Waals surface area contributed by atoms with Crippen LogP contribution >= 0.6 is 24.0 Å². The number of methoxy groups -OCH3 is 1. The topological polar surface area (TPSA) is 62.7 Å². The van der Waals surface area contributed by atoms with Crippen molar-refractivity contribution in [2.24, 2.45) is 4.99 Å². The number of carbonyl (C=O) groups excluding carboxylic acids is 1. The molecule has 0 radical (unpaired) electrons. The summed E-state index contributed by atoms with van der Waals surface area (Å²) >= 11 is 0. The average Bonchev–Trinajstić information content (AvgIpc) is 3.01. The lowest BCUT2D eigenvalue weighted by Gasteiger charge is -2.09. The van der Waals surface area contributed by atoms with Gasteiger partial charge in [0.1, 0.15) is 0 Å². The van der Waals surface area contributed by atoms with Crippen LogP contribution in [0, 0.1) is 0 Å². The van der Waals surface area contributed by atoms with E-state index in [-0.39, 0.29) is 29.9 Å². The second-order valence-electron chi connectivity index (χ2n) is 3.51. The number of guanidine groups is 1. The lowest BCUT2D eigenvalue weighted by Crippen LogP contribution is -2.38. The number of ether oxygens (including phenoxy) is 1. The van der Waals surface area contributed by atoms with Gasteiger partial charge in [-0.05, 0) is 19.8 Å². The van der Waals surface area contributed by atoms with Crippen molar-refractivity contribution in [1.82, 2.24) is 10.6 Å². The van der Waals surface area contributed by atoms with Gasteiger partial charge in [0.2, 0.25) is 0 Å². The summed E-state index contributed by atoms with van der Waals surface area (Å²) in [7, 11) is 1.39. The zero-order valence-electron chi connectivity index (χ0n) is 9.78. The molecule has 1 aliphatic carbocycles. The van der Waals surface area contributed by atoms with Crippen LogP contribution < -0.4 is 10.6 Å². The standard InChI is InChI=1S/C10H19N3O2.HI/c1-3-11-10(13-8-4-5-8)12-7-6-9(14)15-2;/h8H,3-7H2,1-2H3,(H2,11,12,13);1H. The fraction of sp³-hybridized carbons (Fsp3) is 0.800. The number of carbonyl (C=O) groups is 1. The highest BCUT2D eigenvalue weighted by atomic mass is 127. The fourth-order valence-corrected chi connectivity index (χ4v) is 1.10. The van der Waals surface area contributed by atoms with Gasteiger partial charge in [0.05, 0.1) is 20.1 Å². The first kappa shape index (κ1) is 15.5. The van der Waals surface area contributed by atoms with Gasteiger partial charge < -0.3 is 15.4 Å². The molecule has 1 rings (SSSR count). The van der Waals surface area contributed by atoms with Crippen LogP contribution in [0.15, 0.2) is 4.99 Å². The van der Waals surface area contributed by atoms with Crippen molar-refractivity contribution in [2.45, 2.75) is 32.2 Å². The predicted octanol–water partition coefficient (Wildman–Crippen LogP) is 0.885. The van der Waals surface area contributed by atoms with E-state index >= 15 is 0 Å². The van der Waals surface area contributed by atoms with Crippen LogP contribution in [0.4, 0.5) is 0 Å². The third-order valence-electron chi connectivity index (χ3n) is 2.08. The molecule has 16 heavy (non-hydrogen) atoms. The van der Waals surface area contributed by atoms with Crippen LogP contribution in [-0.4, -0.2) is 38.2 Å². The number of nitrogens with zero attached hydrogens (tertiary/aromatic N) is 1. The molecule has 1 aliphatic rings. The van der Waals surface area contributed by atoms with Crippen LogP contribution in [0.3, 0.4) is 0 Å². The number of nitrogens with one attached hydrogen (secondary N) is 2. The molecule has 0 amide bonds. The van der Waals surface area contributed by atoms with E-state index in [4.69, 9.17) is 0 Å². The Labute approximate surface area is 113 Å². The van der Waals surface area contributed by atoms with Crippen LogP contribution in [0.2, 0.25) is 0 Å². The maximum absolute atomic E-state index is 10.9. The summed E-state index contributed by atoms with van der Waals surface area (Å²) in [6.45, 7) is 3.32. The van der Waals surface area contributed by atoms with E-state index in [2.05, 4.69) is 20.4 Å². The number of hydrogen-bond donors (Lipinski definition) is 2. The highest BCUT2D eigenvalue weighted by Gasteiger charge is 2.21. The minimum Gasteiger partial charge on any atom is -0.469 e. The summed E-state index contributed by atoms with van der Waals surface area (Å²) in [6, 6.07) is 0.570. The van der Waals surface area contributed by atoms with Crippen LogP contribution in [0.25, 0.3) is 0 Å². The fourth-order valence-electron chi connectivity index (χ4n) is 1.10. The zero-order valence-corrected chi connectivity index (χ0v) is 12.1. The molecule has 0 aliphatic heterocycles. The van der Waals surface area contributed by atoms with Gasteiger partial charge in [-0.2, -0.15) is 0 Å². The molecule has 0 saturated heterocycles. The predicted molar refractivity (Wildman–Crippen MR) is 74.2 cm³/mol. The Morgan fingerprint density at radius 1 is 1.50 bits per heavy atom.